The van der Waals surface area contributed by atoms with Crippen LogP contribution in [0.4, 0.5) is 5.69 Å². The zero-order chi connectivity index (χ0) is 14.0. The number of nitrogens with two attached hydrogens (primary N) is 1. The first kappa shape index (κ1) is 14.1. The standard InChI is InChI=1S/C12H9Cl3N2O2/c1-18-11-3-2-9(16)12(17-11)19-10-5-7(14)6(13)4-8(10)15/h2-5H,16H2,1H3. The van der Waals surface area contributed by atoms with Gasteiger partial charge in [0.15, 0.2) is 0 Å². The van der Waals surface area contributed by atoms with Gasteiger partial charge in [-0.05, 0) is 12.1 Å². The summed E-state index contributed by atoms with van der Waals surface area (Å²) in [5, 5.41) is 0.964. The fourth-order valence-corrected chi connectivity index (χ4v) is 1.89. The van der Waals surface area contributed by atoms with Gasteiger partial charge in [-0.3, -0.25) is 0 Å². The Balaban J connectivity index is 2.38. The number of benzene rings is 1. The molecule has 0 radical (unpaired) electrons. The molecule has 0 unspecified atom stereocenters. The zero-order valence-electron chi connectivity index (χ0n) is 9.78. The van der Waals surface area contributed by atoms with Gasteiger partial charge in [0, 0.05) is 12.1 Å². The summed E-state index contributed by atoms with van der Waals surface area (Å²) < 4.78 is 10.5. The highest BCUT2D eigenvalue weighted by molar-refractivity contribution is 6.43. The van der Waals surface area contributed by atoms with Gasteiger partial charge < -0.3 is 15.2 Å². The molecule has 0 fully saturated rings. The van der Waals surface area contributed by atoms with E-state index in [0.717, 1.165) is 0 Å². The molecule has 0 amide bonds. The predicted molar refractivity (Wildman–Crippen MR) is 76.7 cm³/mol. The second kappa shape index (κ2) is 5.74. The fourth-order valence-electron chi connectivity index (χ4n) is 1.32. The smallest absolute Gasteiger partial charge is 0.246 e. The van der Waals surface area contributed by atoms with Gasteiger partial charge in [0.05, 0.1) is 27.9 Å². The number of nitrogen functional groups attached to an aromatic ring is 1. The monoisotopic (exact) mass is 318 g/mol. The van der Waals surface area contributed by atoms with Crippen LogP contribution >= 0.6 is 34.8 Å². The van der Waals surface area contributed by atoms with E-state index in [-0.39, 0.29) is 5.88 Å². The molecule has 2 N–H and O–H groups in total. The minimum atomic E-state index is 0.180. The quantitative estimate of drug-likeness (QED) is 0.851. The number of aromatic nitrogens is 1. The molecule has 7 heteroatoms. The van der Waals surface area contributed by atoms with E-state index >= 15 is 0 Å². The summed E-state index contributed by atoms with van der Waals surface area (Å²) in [5.41, 5.74) is 6.11. The van der Waals surface area contributed by atoms with Crippen LogP contribution in [0.3, 0.4) is 0 Å². The van der Waals surface area contributed by atoms with Crippen LogP contribution in [0.1, 0.15) is 0 Å². The van der Waals surface area contributed by atoms with Crippen molar-refractivity contribution in [2.45, 2.75) is 0 Å². The van der Waals surface area contributed by atoms with Crippen LogP contribution in [0.25, 0.3) is 0 Å². The van der Waals surface area contributed by atoms with E-state index in [1.54, 1.807) is 12.1 Å². The molecular weight excluding hydrogens is 311 g/mol. The third-order valence-electron chi connectivity index (χ3n) is 2.25. The molecule has 0 spiro atoms. The van der Waals surface area contributed by atoms with Gasteiger partial charge in [0.1, 0.15) is 5.75 Å². The molecule has 0 saturated heterocycles. The Hall–Kier alpha value is -1.36. The molecule has 4 nitrogen and oxygen atoms in total. The second-order valence-electron chi connectivity index (χ2n) is 3.55. The van der Waals surface area contributed by atoms with E-state index < -0.39 is 0 Å². The van der Waals surface area contributed by atoms with Crippen LogP contribution in [0, 0.1) is 0 Å². The molecule has 0 saturated carbocycles. The topological polar surface area (TPSA) is 57.4 Å². The molecule has 0 atom stereocenters. The van der Waals surface area contributed by atoms with Gasteiger partial charge in [-0.25, -0.2) is 0 Å². The summed E-state index contributed by atoms with van der Waals surface area (Å²) in [5.74, 6) is 0.864. The number of methoxy groups -OCH3 is 1. The highest BCUT2D eigenvalue weighted by Gasteiger charge is 2.11. The third-order valence-corrected chi connectivity index (χ3v) is 3.27. The summed E-state index contributed by atoms with van der Waals surface area (Å²) in [6.07, 6.45) is 0. The number of anilines is 1. The number of pyridine rings is 1. The molecule has 0 bridgehead atoms. The van der Waals surface area contributed by atoms with Crippen molar-refractivity contribution in [1.82, 2.24) is 4.98 Å². The Bertz CT molecular complexity index is 620. The molecule has 0 aliphatic rings. The predicted octanol–water partition coefficient (Wildman–Crippen LogP) is 4.42. The van der Waals surface area contributed by atoms with E-state index in [9.17, 15) is 0 Å². The van der Waals surface area contributed by atoms with Crippen molar-refractivity contribution in [3.8, 4) is 17.5 Å². The van der Waals surface area contributed by atoms with Crippen LogP contribution in [0.5, 0.6) is 17.5 Å². The number of hydrogen-bond donors (Lipinski definition) is 1. The molecule has 1 aromatic heterocycles. The summed E-state index contributed by atoms with van der Waals surface area (Å²) in [7, 11) is 1.49. The molecule has 1 aromatic carbocycles. The second-order valence-corrected chi connectivity index (χ2v) is 4.77. The lowest BCUT2D eigenvalue weighted by Crippen LogP contribution is -1.97. The van der Waals surface area contributed by atoms with Crippen molar-refractivity contribution in [2.24, 2.45) is 0 Å². The van der Waals surface area contributed by atoms with Crippen LogP contribution < -0.4 is 15.2 Å². The maximum absolute atomic E-state index is 6.01. The molecule has 0 aliphatic heterocycles. The molecule has 2 rings (SSSR count). The summed E-state index contributed by atoms with van der Waals surface area (Å²) in [4.78, 5) is 4.08. The number of halogens is 3. The summed E-state index contributed by atoms with van der Waals surface area (Å²) in [6, 6.07) is 6.22. The molecule has 19 heavy (non-hydrogen) atoms. The Kier molecular flexibility index (Phi) is 4.24. The SMILES string of the molecule is COc1ccc(N)c(Oc2cc(Cl)c(Cl)cc2Cl)n1. The van der Waals surface area contributed by atoms with Crippen molar-refractivity contribution >= 4 is 40.5 Å². The lowest BCUT2D eigenvalue weighted by Gasteiger charge is -2.10. The van der Waals surface area contributed by atoms with Gasteiger partial charge in [0.25, 0.3) is 0 Å². The Morgan fingerprint density at radius 1 is 1.05 bits per heavy atom. The highest BCUT2D eigenvalue weighted by atomic mass is 35.5. The van der Waals surface area contributed by atoms with Gasteiger partial charge in [-0.15, -0.1) is 0 Å². The van der Waals surface area contributed by atoms with Gasteiger partial charge in [-0.2, -0.15) is 4.98 Å². The van der Waals surface area contributed by atoms with Crippen LogP contribution in [0.2, 0.25) is 15.1 Å². The Labute approximate surface area is 125 Å². The molecular formula is C12H9Cl3N2O2. The lowest BCUT2D eigenvalue weighted by atomic mass is 10.3. The minimum absolute atomic E-state index is 0.180. The van der Waals surface area contributed by atoms with Crippen molar-refractivity contribution < 1.29 is 9.47 Å². The highest BCUT2D eigenvalue weighted by Crippen LogP contribution is 2.37. The van der Waals surface area contributed by atoms with E-state index in [4.69, 9.17) is 50.0 Å². The van der Waals surface area contributed by atoms with E-state index in [1.807, 2.05) is 0 Å². The van der Waals surface area contributed by atoms with Gasteiger partial charge in [-0.1, -0.05) is 34.8 Å². The first-order chi connectivity index (χ1) is 9.01. The van der Waals surface area contributed by atoms with Crippen molar-refractivity contribution in [1.29, 1.82) is 0 Å². The lowest BCUT2D eigenvalue weighted by molar-refractivity contribution is 0.384. The minimum Gasteiger partial charge on any atom is -0.481 e. The molecule has 100 valence electrons. The van der Waals surface area contributed by atoms with Crippen molar-refractivity contribution in [3.05, 3.63) is 39.3 Å². The summed E-state index contributed by atoms with van der Waals surface area (Å²) in [6.45, 7) is 0. The molecule has 0 aliphatic carbocycles. The maximum Gasteiger partial charge on any atom is 0.246 e. The number of nitrogens with zero attached hydrogens (tertiary/aromatic N) is 1. The Morgan fingerprint density at radius 2 is 1.74 bits per heavy atom. The van der Waals surface area contributed by atoms with E-state index in [1.165, 1.54) is 19.2 Å². The maximum atomic E-state index is 6.01. The Morgan fingerprint density at radius 3 is 2.42 bits per heavy atom. The van der Waals surface area contributed by atoms with E-state index in [2.05, 4.69) is 4.98 Å². The number of ether oxygens (including phenoxy) is 2. The fraction of sp³-hybridized carbons (Fsp3) is 0.0833. The largest absolute Gasteiger partial charge is 0.481 e. The third kappa shape index (κ3) is 3.15. The van der Waals surface area contributed by atoms with Crippen LogP contribution in [0.15, 0.2) is 24.3 Å². The molecule has 2 aromatic rings. The average Bonchev–Trinajstić information content (AvgIpc) is 2.38. The number of hydrogen-bond acceptors (Lipinski definition) is 4. The van der Waals surface area contributed by atoms with Gasteiger partial charge >= 0.3 is 0 Å². The van der Waals surface area contributed by atoms with Gasteiger partial charge in [0.2, 0.25) is 11.8 Å². The van der Waals surface area contributed by atoms with Crippen LogP contribution in [-0.4, -0.2) is 12.1 Å². The number of rotatable bonds is 3. The summed E-state index contributed by atoms with van der Waals surface area (Å²) >= 11 is 17.7. The normalized spacial score (nSPS) is 10.3. The van der Waals surface area contributed by atoms with Crippen molar-refractivity contribution in [2.75, 3.05) is 12.8 Å². The molecule has 1 heterocycles. The van der Waals surface area contributed by atoms with E-state index in [0.29, 0.717) is 32.4 Å². The first-order valence-electron chi connectivity index (χ1n) is 5.14. The average molecular weight is 320 g/mol. The van der Waals surface area contributed by atoms with Crippen molar-refractivity contribution in [3.63, 3.8) is 0 Å². The van der Waals surface area contributed by atoms with Crippen LogP contribution in [-0.2, 0) is 0 Å². The zero-order valence-corrected chi connectivity index (χ0v) is 12.1. The first-order valence-corrected chi connectivity index (χ1v) is 6.27.